The van der Waals surface area contributed by atoms with Crippen LogP contribution in [0.3, 0.4) is 0 Å². The largest absolute Gasteiger partial charge is 0.444 e. The van der Waals surface area contributed by atoms with Gasteiger partial charge in [0.2, 0.25) is 0 Å². The molecule has 0 bridgehead atoms. The molecule has 24 heavy (non-hydrogen) atoms. The summed E-state index contributed by atoms with van der Waals surface area (Å²) >= 11 is 0. The number of alkyl halides is 1. The minimum absolute atomic E-state index is 0.0249. The summed E-state index contributed by atoms with van der Waals surface area (Å²) in [5.74, 6) is -0.0249. The topological polar surface area (TPSA) is 58.6 Å². The fourth-order valence-corrected chi connectivity index (χ4v) is 2.72. The third-order valence-corrected chi connectivity index (χ3v) is 3.87. The number of halogens is 1. The number of nitrogens with one attached hydrogen (secondary N) is 1. The van der Waals surface area contributed by atoms with Gasteiger partial charge in [-0.1, -0.05) is 30.3 Å². The molecule has 1 saturated heterocycles. The van der Waals surface area contributed by atoms with Gasteiger partial charge in [0.05, 0.1) is 12.6 Å². The number of ether oxygens (including phenoxy) is 1. The number of ketones is 1. The second-order valence-corrected chi connectivity index (χ2v) is 7.04. The average Bonchev–Trinajstić information content (AvgIpc) is 2.95. The number of carbonyl (C=O) groups excluding carboxylic acids is 2. The molecule has 132 valence electrons. The van der Waals surface area contributed by atoms with Gasteiger partial charge in [-0.05, 0) is 27.2 Å². The van der Waals surface area contributed by atoms with Crippen LogP contribution in [0.1, 0.15) is 37.6 Å². The molecular formula is C18H25FN2O3. The van der Waals surface area contributed by atoms with E-state index in [2.05, 4.69) is 5.32 Å². The number of nitrogens with zero attached hydrogens (tertiary/aromatic N) is 1. The molecule has 0 radical (unpaired) electrons. The summed E-state index contributed by atoms with van der Waals surface area (Å²) in [5.41, 5.74) is 0.0151. The Morgan fingerprint density at radius 3 is 2.54 bits per heavy atom. The Balaban J connectivity index is 1.89. The van der Waals surface area contributed by atoms with E-state index in [1.54, 1.807) is 32.9 Å². The molecule has 1 N–H and O–H groups in total. The average molecular weight is 336 g/mol. The molecule has 1 aromatic carbocycles. The summed E-state index contributed by atoms with van der Waals surface area (Å²) in [6, 6.07) is 8.37. The third kappa shape index (κ3) is 5.03. The van der Waals surface area contributed by atoms with Crippen molar-refractivity contribution in [3.63, 3.8) is 0 Å². The first kappa shape index (κ1) is 18.4. The normalized spacial score (nSPS) is 20.9. The first-order valence-electron chi connectivity index (χ1n) is 8.17. The van der Waals surface area contributed by atoms with Crippen molar-refractivity contribution >= 4 is 11.9 Å². The van der Waals surface area contributed by atoms with Crippen LogP contribution in [0, 0.1) is 0 Å². The second kappa shape index (κ2) is 7.75. The molecule has 6 heteroatoms. The molecule has 0 saturated carbocycles. The Bertz CT molecular complexity index is 571. The Hall–Kier alpha value is -1.95. The van der Waals surface area contributed by atoms with Gasteiger partial charge < -0.3 is 15.0 Å². The van der Waals surface area contributed by atoms with Crippen molar-refractivity contribution in [3.05, 3.63) is 35.9 Å². The Morgan fingerprint density at radius 2 is 1.96 bits per heavy atom. The predicted molar refractivity (Wildman–Crippen MR) is 89.9 cm³/mol. The molecule has 0 spiro atoms. The number of likely N-dealkylation sites (tertiary alicyclic amines) is 1. The van der Waals surface area contributed by atoms with E-state index in [-0.39, 0.29) is 18.4 Å². The highest BCUT2D eigenvalue weighted by Gasteiger charge is 2.37. The highest BCUT2D eigenvalue weighted by molar-refractivity contribution is 5.97. The van der Waals surface area contributed by atoms with Gasteiger partial charge in [-0.3, -0.25) is 4.79 Å². The van der Waals surface area contributed by atoms with Crippen molar-refractivity contribution in [2.45, 2.75) is 44.9 Å². The van der Waals surface area contributed by atoms with Crippen molar-refractivity contribution in [2.24, 2.45) is 0 Å². The highest BCUT2D eigenvalue weighted by Crippen LogP contribution is 2.21. The molecule has 1 amide bonds. The zero-order chi connectivity index (χ0) is 17.7. The fourth-order valence-electron chi connectivity index (χ4n) is 2.72. The summed E-state index contributed by atoms with van der Waals surface area (Å²) in [6.07, 6.45) is -0.0403. The molecule has 1 aliphatic heterocycles. The quantitative estimate of drug-likeness (QED) is 0.840. The molecule has 0 unspecified atom stereocenters. The van der Waals surface area contributed by atoms with E-state index >= 15 is 0 Å². The molecule has 1 aliphatic rings. The van der Waals surface area contributed by atoms with E-state index in [0.717, 1.165) is 0 Å². The van der Waals surface area contributed by atoms with Crippen LogP contribution in [0.25, 0.3) is 0 Å². The molecule has 0 aromatic heterocycles. The Labute approximate surface area is 142 Å². The Kier molecular flexibility index (Phi) is 5.94. The van der Waals surface area contributed by atoms with Crippen molar-refractivity contribution in [1.29, 1.82) is 0 Å². The summed E-state index contributed by atoms with van der Waals surface area (Å²) < 4.78 is 18.6. The van der Waals surface area contributed by atoms with Crippen LogP contribution in [-0.4, -0.2) is 54.2 Å². The smallest absolute Gasteiger partial charge is 0.410 e. The molecule has 2 rings (SSSR count). The molecule has 1 fully saturated rings. The van der Waals surface area contributed by atoms with Gasteiger partial charge >= 0.3 is 6.09 Å². The van der Waals surface area contributed by atoms with Crippen LogP contribution < -0.4 is 5.32 Å². The molecule has 1 aromatic rings. The maximum Gasteiger partial charge on any atom is 0.410 e. The standard InChI is InChI=1S/C18H25FN2O3/c1-18(2,3)24-17(23)21-12-14(9-15(21)10-19)20-11-16(22)13-7-5-4-6-8-13/h4-8,14-15,20H,9-12H2,1-3H3/t14-,15+/m1/s1. The van der Waals surface area contributed by atoms with Crippen LogP contribution in [-0.2, 0) is 4.74 Å². The lowest BCUT2D eigenvalue weighted by Crippen LogP contribution is -2.42. The van der Waals surface area contributed by atoms with Gasteiger partial charge in [-0.15, -0.1) is 0 Å². The molecule has 0 aliphatic carbocycles. The number of hydrogen-bond donors (Lipinski definition) is 1. The lowest BCUT2D eigenvalue weighted by atomic mass is 10.1. The van der Waals surface area contributed by atoms with Gasteiger partial charge in [-0.2, -0.15) is 0 Å². The lowest BCUT2D eigenvalue weighted by Gasteiger charge is -2.27. The number of carbonyl (C=O) groups is 2. The van der Waals surface area contributed by atoms with Crippen molar-refractivity contribution in [1.82, 2.24) is 10.2 Å². The minimum atomic E-state index is -0.621. The lowest BCUT2D eigenvalue weighted by molar-refractivity contribution is 0.0205. The van der Waals surface area contributed by atoms with Gasteiger partial charge in [0.25, 0.3) is 0 Å². The summed E-state index contributed by atoms with van der Waals surface area (Å²) in [4.78, 5) is 25.7. The molecule has 1 heterocycles. The zero-order valence-electron chi connectivity index (χ0n) is 14.4. The van der Waals surface area contributed by atoms with Crippen LogP contribution in [0.5, 0.6) is 0 Å². The number of amides is 1. The van der Waals surface area contributed by atoms with Crippen LogP contribution in [0.4, 0.5) is 9.18 Å². The van der Waals surface area contributed by atoms with Gasteiger partial charge in [0, 0.05) is 18.2 Å². The third-order valence-electron chi connectivity index (χ3n) is 3.87. The number of benzene rings is 1. The first-order chi connectivity index (χ1) is 11.3. The van der Waals surface area contributed by atoms with E-state index in [4.69, 9.17) is 4.74 Å². The maximum atomic E-state index is 13.2. The van der Waals surface area contributed by atoms with Gasteiger partial charge in [0.1, 0.15) is 12.3 Å². The Morgan fingerprint density at radius 1 is 1.29 bits per heavy atom. The van der Waals surface area contributed by atoms with E-state index < -0.39 is 24.4 Å². The minimum Gasteiger partial charge on any atom is -0.444 e. The second-order valence-electron chi connectivity index (χ2n) is 7.04. The van der Waals surface area contributed by atoms with E-state index in [0.29, 0.717) is 18.5 Å². The number of hydrogen-bond acceptors (Lipinski definition) is 4. The van der Waals surface area contributed by atoms with Crippen molar-refractivity contribution < 1.29 is 18.7 Å². The van der Waals surface area contributed by atoms with E-state index in [1.165, 1.54) is 4.90 Å². The summed E-state index contributed by atoms with van der Waals surface area (Å²) in [5, 5.41) is 3.13. The van der Waals surface area contributed by atoms with Crippen molar-refractivity contribution in [3.8, 4) is 0 Å². The summed E-state index contributed by atoms with van der Waals surface area (Å²) in [7, 11) is 0. The van der Waals surface area contributed by atoms with Crippen LogP contribution in [0.2, 0.25) is 0 Å². The van der Waals surface area contributed by atoms with Gasteiger partial charge in [0.15, 0.2) is 5.78 Å². The van der Waals surface area contributed by atoms with Gasteiger partial charge in [-0.25, -0.2) is 9.18 Å². The van der Waals surface area contributed by atoms with E-state index in [9.17, 15) is 14.0 Å². The number of Topliss-reactive ketones (excluding diaryl/α,β-unsaturated/α-hetero) is 1. The maximum absolute atomic E-state index is 13.2. The predicted octanol–water partition coefficient (Wildman–Crippen LogP) is 2.81. The highest BCUT2D eigenvalue weighted by atomic mass is 19.1. The van der Waals surface area contributed by atoms with Crippen LogP contribution >= 0.6 is 0 Å². The first-order valence-corrected chi connectivity index (χ1v) is 8.17. The molecule has 2 atom stereocenters. The SMILES string of the molecule is CC(C)(C)OC(=O)N1C[C@H](NCC(=O)c2ccccc2)C[C@H]1CF. The molecular weight excluding hydrogens is 311 g/mol. The fraction of sp³-hybridized carbons (Fsp3) is 0.556. The zero-order valence-corrected chi connectivity index (χ0v) is 14.4. The monoisotopic (exact) mass is 336 g/mol. The van der Waals surface area contributed by atoms with Crippen molar-refractivity contribution in [2.75, 3.05) is 19.8 Å². The van der Waals surface area contributed by atoms with E-state index in [1.807, 2.05) is 18.2 Å². The van der Waals surface area contributed by atoms with Crippen LogP contribution in [0.15, 0.2) is 30.3 Å². The molecule has 5 nitrogen and oxygen atoms in total. The number of rotatable bonds is 5. The summed E-state index contributed by atoms with van der Waals surface area (Å²) in [6.45, 7) is 5.21.